The van der Waals surface area contributed by atoms with Gasteiger partial charge in [0.05, 0.1) is 6.42 Å². The average molecular weight is 455 g/mol. The number of hydrogen-bond donors (Lipinski definition) is 2. The molecule has 1 fully saturated rings. The van der Waals surface area contributed by atoms with Crippen LogP contribution in [0.15, 0.2) is 30.6 Å². The van der Waals surface area contributed by atoms with E-state index in [2.05, 4.69) is 10.3 Å². The van der Waals surface area contributed by atoms with E-state index in [0.29, 0.717) is 37.6 Å². The Labute approximate surface area is 182 Å². The first-order valence-electron chi connectivity index (χ1n) is 10.2. The zero-order chi connectivity index (χ0) is 23.0. The summed E-state index contributed by atoms with van der Waals surface area (Å²) in [6.45, 7) is 1.10. The molecule has 3 heterocycles. The van der Waals surface area contributed by atoms with Gasteiger partial charge in [0.1, 0.15) is 0 Å². The summed E-state index contributed by atoms with van der Waals surface area (Å²) in [5, 5.41) is 13.1. The molecule has 1 unspecified atom stereocenters. The minimum absolute atomic E-state index is 0.0866. The number of nitrogens with one attached hydrogen (secondary N) is 1. The number of alkyl halides is 3. The lowest BCUT2D eigenvalue weighted by Crippen LogP contribution is -2.50. The maximum Gasteiger partial charge on any atom is 0.425 e. The number of aryl methyl sites for hydroxylation is 1. The van der Waals surface area contributed by atoms with Crippen molar-refractivity contribution in [2.45, 2.75) is 36.5 Å². The molecule has 2 aliphatic rings. The Kier molecular flexibility index (Phi) is 5.80. The predicted molar refractivity (Wildman–Crippen MR) is 105 cm³/mol. The van der Waals surface area contributed by atoms with E-state index in [1.165, 1.54) is 13.2 Å². The Morgan fingerprint density at radius 3 is 2.62 bits per heavy atom. The fourth-order valence-corrected chi connectivity index (χ4v) is 4.19. The first kappa shape index (κ1) is 22.4. The second-order valence-corrected chi connectivity index (χ2v) is 8.13. The van der Waals surface area contributed by atoms with Crippen LogP contribution < -0.4 is 14.8 Å². The van der Waals surface area contributed by atoms with E-state index >= 15 is 0 Å². The van der Waals surface area contributed by atoms with Crippen molar-refractivity contribution >= 4 is 5.91 Å². The SMILES string of the molecule is Cn1ccnc1C(O)(CC(=O)NCC1(c2ccc3c(c2)OCO3)CCOCC1)C(F)(F)F. The zero-order valence-electron chi connectivity index (χ0n) is 17.4. The highest BCUT2D eigenvalue weighted by molar-refractivity contribution is 5.77. The van der Waals surface area contributed by atoms with E-state index in [4.69, 9.17) is 14.2 Å². The molecule has 1 atom stereocenters. The van der Waals surface area contributed by atoms with E-state index in [1.807, 2.05) is 12.1 Å². The van der Waals surface area contributed by atoms with Crippen LogP contribution in [-0.4, -0.2) is 53.3 Å². The van der Waals surface area contributed by atoms with Gasteiger partial charge < -0.3 is 29.2 Å². The van der Waals surface area contributed by atoms with Crippen molar-refractivity contribution in [2.75, 3.05) is 26.6 Å². The van der Waals surface area contributed by atoms with Crippen molar-refractivity contribution in [3.05, 3.63) is 42.0 Å². The first-order valence-corrected chi connectivity index (χ1v) is 10.2. The van der Waals surface area contributed by atoms with Crippen LogP contribution in [0.3, 0.4) is 0 Å². The standard InChI is InChI=1S/C21H24F3N3O5/c1-27-7-6-25-18(27)20(29,21(22,23)24)11-17(28)26-12-19(4-8-30-9-5-19)14-2-3-15-16(10-14)32-13-31-15/h2-3,6-7,10,29H,4-5,8-9,11-13H2,1H3,(H,26,28). The third kappa shape index (κ3) is 4.02. The molecule has 2 aliphatic heterocycles. The van der Waals surface area contributed by atoms with Gasteiger partial charge in [-0.3, -0.25) is 4.79 Å². The van der Waals surface area contributed by atoms with Gasteiger partial charge in [-0.15, -0.1) is 0 Å². The van der Waals surface area contributed by atoms with Crippen LogP contribution in [0.1, 0.15) is 30.7 Å². The molecule has 0 aliphatic carbocycles. The molecule has 1 aromatic heterocycles. The van der Waals surface area contributed by atoms with Gasteiger partial charge >= 0.3 is 6.18 Å². The lowest BCUT2D eigenvalue weighted by atomic mass is 9.74. The number of aliphatic hydroxyl groups is 1. The van der Waals surface area contributed by atoms with E-state index < -0.39 is 35.3 Å². The van der Waals surface area contributed by atoms with Crippen LogP contribution in [0, 0.1) is 0 Å². The Morgan fingerprint density at radius 2 is 1.97 bits per heavy atom. The van der Waals surface area contributed by atoms with Gasteiger partial charge in [0.15, 0.2) is 17.3 Å². The van der Waals surface area contributed by atoms with Crippen molar-refractivity contribution in [3.8, 4) is 11.5 Å². The third-order valence-electron chi connectivity index (χ3n) is 6.14. The molecular formula is C21H24F3N3O5. The first-order chi connectivity index (χ1) is 15.1. The Hall–Kier alpha value is -2.79. The van der Waals surface area contributed by atoms with Crippen molar-refractivity contribution < 1.29 is 37.3 Å². The number of imidazole rings is 1. The number of aromatic nitrogens is 2. The van der Waals surface area contributed by atoms with Crippen LogP contribution in [-0.2, 0) is 27.6 Å². The van der Waals surface area contributed by atoms with Gasteiger partial charge in [-0.2, -0.15) is 13.2 Å². The fraction of sp³-hybridized carbons (Fsp3) is 0.524. The minimum atomic E-state index is -5.09. The van der Waals surface area contributed by atoms with Gasteiger partial charge in [0.2, 0.25) is 18.3 Å². The summed E-state index contributed by atoms with van der Waals surface area (Å²) in [6, 6.07) is 5.48. The lowest BCUT2D eigenvalue weighted by Gasteiger charge is -2.38. The van der Waals surface area contributed by atoms with Crippen LogP contribution in [0.2, 0.25) is 0 Å². The van der Waals surface area contributed by atoms with Crippen molar-refractivity contribution in [1.82, 2.24) is 14.9 Å². The maximum atomic E-state index is 13.7. The van der Waals surface area contributed by atoms with E-state index in [1.54, 1.807) is 6.07 Å². The van der Waals surface area contributed by atoms with Crippen LogP contribution in [0.5, 0.6) is 11.5 Å². The second-order valence-electron chi connectivity index (χ2n) is 8.13. The predicted octanol–water partition coefficient (Wildman–Crippen LogP) is 2.15. The Balaban J connectivity index is 1.53. The van der Waals surface area contributed by atoms with Gasteiger partial charge in [-0.05, 0) is 30.5 Å². The molecule has 32 heavy (non-hydrogen) atoms. The number of amides is 1. The number of halogens is 3. The number of nitrogens with zero attached hydrogens (tertiary/aromatic N) is 2. The molecular weight excluding hydrogens is 431 g/mol. The fourth-order valence-electron chi connectivity index (χ4n) is 4.19. The summed E-state index contributed by atoms with van der Waals surface area (Å²) in [6.07, 6.45) is -2.74. The minimum Gasteiger partial charge on any atom is -0.454 e. The Morgan fingerprint density at radius 1 is 1.25 bits per heavy atom. The highest BCUT2D eigenvalue weighted by atomic mass is 19.4. The molecule has 1 amide bonds. The smallest absolute Gasteiger partial charge is 0.425 e. The summed E-state index contributed by atoms with van der Waals surface area (Å²) in [7, 11) is 1.33. The monoisotopic (exact) mass is 455 g/mol. The molecule has 0 spiro atoms. The molecule has 2 aromatic rings. The number of carbonyl (C=O) groups excluding carboxylic acids is 1. The Bertz CT molecular complexity index is 987. The largest absolute Gasteiger partial charge is 0.454 e. The van der Waals surface area contributed by atoms with Gasteiger partial charge in [-0.25, -0.2) is 4.98 Å². The number of carbonyl (C=O) groups is 1. The van der Waals surface area contributed by atoms with Crippen LogP contribution in [0.25, 0.3) is 0 Å². The zero-order valence-corrected chi connectivity index (χ0v) is 17.4. The highest BCUT2D eigenvalue weighted by Gasteiger charge is 2.58. The normalized spacial score (nSPS) is 19.4. The van der Waals surface area contributed by atoms with Gasteiger partial charge in [0, 0.05) is 44.6 Å². The number of fused-ring (bicyclic) bond motifs is 1. The molecule has 174 valence electrons. The maximum absolute atomic E-state index is 13.7. The van der Waals surface area contributed by atoms with Crippen molar-refractivity contribution in [1.29, 1.82) is 0 Å². The summed E-state index contributed by atoms with van der Waals surface area (Å²) < 4.78 is 58.5. The van der Waals surface area contributed by atoms with Crippen molar-refractivity contribution in [2.24, 2.45) is 7.05 Å². The molecule has 4 rings (SSSR count). The van der Waals surface area contributed by atoms with E-state index in [-0.39, 0.29) is 13.3 Å². The summed E-state index contributed by atoms with van der Waals surface area (Å²) >= 11 is 0. The van der Waals surface area contributed by atoms with Crippen LogP contribution in [0.4, 0.5) is 13.2 Å². The number of benzene rings is 1. The van der Waals surface area contributed by atoms with E-state index in [0.717, 1.165) is 16.3 Å². The average Bonchev–Trinajstić information content (AvgIpc) is 3.40. The second kappa shape index (κ2) is 8.28. The summed E-state index contributed by atoms with van der Waals surface area (Å²) in [5.41, 5.74) is -3.08. The molecule has 0 saturated carbocycles. The molecule has 1 aromatic carbocycles. The number of ether oxygens (including phenoxy) is 3. The molecule has 1 saturated heterocycles. The van der Waals surface area contributed by atoms with E-state index in [9.17, 15) is 23.1 Å². The summed E-state index contributed by atoms with van der Waals surface area (Å²) in [4.78, 5) is 16.3. The lowest BCUT2D eigenvalue weighted by molar-refractivity contribution is -0.271. The molecule has 0 bridgehead atoms. The molecule has 0 radical (unpaired) electrons. The van der Waals surface area contributed by atoms with Gasteiger partial charge in [0.25, 0.3) is 0 Å². The highest BCUT2D eigenvalue weighted by Crippen LogP contribution is 2.42. The quantitative estimate of drug-likeness (QED) is 0.693. The van der Waals surface area contributed by atoms with Crippen LogP contribution >= 0.6 is 0 Å². The molecule has 8 nitrogen and oxygen atoms in total. The number of rotatable bonds is 6. The van der Waals surface area contributed by atoms with Gasteiger partial charge in [-0.1, -0.05) is 6.07 Å². The number of hydrogen-bond acceptors (Lipinski definition) is 6. The molecule has 11 heteroatoms. The molecule has 2 N–H and O–H groups in total. The third-order valence-corrected chi connectivity index (χ3v) is 6.14. The topological polar surface area (TPSA) is 94.8 Å². The summed E-state index contributed by atoms with van der Waals surface area (Å²) in [5.74, 6) is -0.373. The van der Waals surface area contributed by atoms with Crippen molar-refractivity contribution in [3.63, 3.8) is 0 Å².